The highest BCUT2D eigenvalue weighted by molar-refractivity contribution is 5.86. The van der Waals surface area contributed by atoms with Crippen molar-refractivity contribution in [3.8, 4) is 17.2 Å². The maximum Gasteiger partial charge on any atom is 0.125 e. The summed E-state index contributed by atoms with van der Waals surface area (Å²) in [5.74, 6) is 3.35. The Kier molecular flexibility index (Phi) is 6.79. The SMILES string of the molecule is COc1ccc2[nH]c3c(c2c1)CCN[C@@H]3c1ccc(OC)c(COc2ccccc2C2CCCCC2)c1. The molecule has 0 radical (unpaired) electrons. The molecule has 1 atom stereocenters. The van der Waals surface area contributed by atoms with Gasteiger partial charge in [-0.05, 0) is 78.3 Å². The maximum absolute atomic E-state index is 6.48. The minimum absolute atomic E-state index is 0.0846. The van der Waals surface area contributed by atoms with Crippen molar-refractivity contribution < 1.29 is 14.2 Å². The Hall–Kier alpha value is -3.44. The van der Waals surface area contributed by atoms with Crippen molar-refractivity contribution in [2.24, 2.45) is 0 Å². The second-order valence-corrected chi connectivity index (χ2v) is 10.3. The molecule has 0 bridgehead atoms. The Balaban J connectivity index is 1.29. The molecule has 0 unspecified atom stereocenters. The highest BCUT2D eigenvalue weighted by atomic mass is 16.5. The zero-order chi connectivity index (χ0) is 25.2. The predicted molar refractivity (Wildman–Crippen MR) is 148 cm³/mol. The molecule has 4 aromatic rings. The Labute approximate surface area is 219 Å². The number of rotatable bonds is 7. The minimum atomic E-state index is 0.0846. The first-order chi connectivity index (χ1) is 18.2. The summed E-state index contributed by atoms with van der Waals surface area (Å²) in [5, 5.41) is 4.98. The van der Waals surface area contributed by atoms with Gasteiger partial charge in [0.2, 0.25) is 0 Å². The third kappa shape index (κ3) is 4.69. The summed E-state index contributed by atoms with van der Waals surface area (Å²) < 4.78 is 17.7. The van der Waals surface area contributed by atoms with Crippen LogP contribution in [0.15, 0.2) is 60.7 Å². The van der Waals surface area contributed by atoms with E-state index in [-0.39, 0.29) is 6.04 Å². The number of nitrogens with one attached hydrogen (secondary N) is 2. The van der Waals surface area contributed by atoms with Gasteiger partial charge in [0.1, 0.15) is 23.9 Å². The van der Waals surface area contributed by atoms with Crippen molar-refractivity contribution >= 4 is 10.9 Å². The normalized spacial score (nSPS) is 17.9. The van der Waals surface area contributed by atoms with E-state index in [4.69, 9.17) is 14.2 Å². The van der Waals surface area contributed by atoms with Gasteiger partial charge in [-0.15, -0.1) is 0 Å². The number of methoxy groups -OCH3 is 2. The van der Waals surface area contributed by atoms with Crippen LogP contribution < -0.4 is 19.5 Å². The number of H-pyrrole nitrogens is 1. The number of ether oxygens (including phenoxy) is 3. The van der Waals surface area contributed by atoms with E-state index >= 15 is 0 Å². The topological polar surface area (TPSA) is 55.5 Å². The van der Waals surface area contributed by atoms with Crippen LogP contribution in [0.4, 0.5) is 0 Å². The lowest BCUT2D eigenvalue weighted by atomic mass is 9.84. The number of hydrogen-bond donors (Lipinski definition) is 2. The fourth-order valence-corrected chi connectivity index (χ4v) is 6.23. The van der Waals surface area contributed by atoms with Gasteiger partial charge in [-0.3, -0.25) is 0 Å². The molecule has 2 N–H and O–H groups in total. The van der Waals surface area contributed by atoms with E-state index in [1.807, 2.05) is 6.07 Å². The Morgan fingerprint density at radius 3 is 2.57 bits per heavy atom. The monoisotopic (exact) mass is 496 g/mol. The summed E-state index contributed by atoms with van der Waals surface area (Å²) >= 11 is 0. The predicted octanol–water partition coefficient (Wildman–Crippen LogP) is 7.05. The zero-order valence-electron chi connectivity index (χ0n) is 21.8. The highest BCUT2D eigenvalue weighted by Crippen LogP contribution is 2.39. The number of benzene rings is 3. The first kappa shape index (κ1) is 23.9. The van der Waals surface area contributed by atoms with Gasteiger partial charge in [-0.2, -0.15) is 0 Å². The molecule has 3 aromatic carbocycles. The van der Waals surface area contributed by atoms with Crippen LogP contribution in [0.1, 0.15) is 72.0 Å². The molecule has 0 amide bonds. The highest BCUT2D eigenvalue weighted by Gasteiger charge is 2.26. The molecule has 0 saturated heterocycles. The van der Waals surface area contributed by atoms with Gasteiger partial charge in [0.05, 0.1) is 20.3 Å². The summed E-state index contributed by atoms with van der Waals surface area (Å²) in [4.78, 5) is 3.69. The van der Waals surface area contributed by atoms with Crippen LogP contribution in [0.5, 0.6) is 17.2 Å². The van der Waals surface area contributed by atoms with E-state index < -0.39 is 0 Å². The molecule has 5 nitrogen and oxygen atoms in total. The van der Waals surface area contributed by atoms with Crippen molar-refractivity contribution in [2.45, 2.75) is 57.1 Å². The maximum atomic E-state index is 6.48. The Bertz CT molecular complexity index is 1390. The molecular weight excluding hydrogens is 460 g/mol. The van der Waals surface area contributed by atoms with Gasteiger partial charge in [0.15, 0.2) is 0 Å². The van der Waals surface area contributed by atoms with Crippen LogP contribution >= 0.6 is 0 Å². The number of fused-ring (bicyclic) bond motifs is 3. The van der Waals surface area contributed by atoms with E-state index in [2.05, 4.69) is 64.9 Å². The second-order valence-electron chi connectivity index (χ2n) is 10.3. The number of hydrogen-bond acceptors (Lipinski definition) is 4. The van der Waals surface area contributed by atoms with Gasteiger partial charge < -0.3 is 24.5 Å². The fraction of sp³-hybridized carbons (Fsp3) is 0.375. The third-order valence-corrected chi connectivity index (χ3v) is 8.14. The summed E-state index contributed by atoms with van der Waals surface area (Å²) in [6.45, 7) is 1.40. The smallest absolute Gasteiger partial charge is 0.125 e. The summed E-state index contributed by atoms with van der Waals surface area (Å²) in [7, 11) is 3.45. The van der Waals surface area contributed by atoms with Crippen LogP contribution in [0.25, 0.3) is 10.9 Å². The largest absolute Gasteiger partial charge is 0.497 e. The van der Waals surface area contributed by atoms with Crippen molar-refractivity contribution in [1.82, 2.24) is 10.3 Å². The van der Waals surface area contributed by atoms with Crippen molar-refractivity contribution in [2.75, 3.05) is 20.8 Å². The van der Waals surface area contributed by atoms with E-state index in [0.717, 1.165) is 41.3 Å². The average molecular weight is 497 g/mol. The minimum Gasteiger partial charge on any atom is -0.497 e. The van der Waals surface area contributed by atoms with E-state index in [9.17, 15) is 0 Å². The molecule has 1 fully saturated rings. The van der Waals surface area contributed by atoms with Crippen LogP contribution in [-0.2, 0) is 13.0 Å². The number of aromatic amines is 1. The first-order valence-corrected chi connectivity index (χ1v) is 13.6. The van der Waals surface area contributed by atoms with Crippen molar-refractivity contribution in [3.63, 3.8) is 0 Å². The van der Waals surface area contributed by atoms with Crippen LogP contribution in [-0.4, -0.2) is 25.7 Å². The van der Waals surface area contributed by atoms with Gasteiger partial charge in [-0.1, -0.05) is 43.5 Å². The Morgan fingerprint density at radius 1 is 0.865 bits per heavy atom. The third-order valence-electron chi connectivity index (χ3n) is 8.14. The molecule has 1 aliphatic carbocycles. The molecule has 1 saturated carbocycles. The molecule has 2 aliphatic rings. The second kappa shape index (κ2) is 10.5. The summed E-state index contributed by atoms with van der Waals surface area (Å²) in [5.41, 5.74) is 7.37. The zero-order valence-corrected chi connectivity index (χ0v) is 21.8. The Morgan fingerprint density at radius 2 is 1.73 bits per heavy atom. The summed E-state index contributed by atoms with van der Waals surface area (Å²) in [6, 6.07) is 21.4. The molecule has 5 heteroatoms. The van der Waals surface area contributed by atoms with Crippen LogP contribution in [0.3, 0.4) is 0 Å². The van der Waals surface area contributed by atoms with Crippen molar-refractivity contribution in [1.29, 1.82) is 0 Å². The standard InChI is InChI=1S/C32H36N2O3/c1-35-24-13-14-28-27(19-24)26-16-17-33-31(32(26)34-28)22-12-15-29(36-2)23(18-22)20-37-30-11-7-6-10-25(30)21-8-4-3-5-9-21/h6-7,10-15,18-19,21,31,33-34H,3-5,8-9,16-17,20H2,1-2H3/t31-/m1/s1. The van der Waals surface area contributed by atoms with E-state index in [0.29, 0.717) is 12.5 Å². The van der Waals surface area contributed by atoms with Crippen LogP contribution in [0.2, 0.25) is 0 Å². The lowest BCUT2D eigenvalue weighted by Gasteiger charge is -2.26. The van der Waals surface area contributed by atoms with E-state index in [1.165, 1.54) is 59.9 Å². The molecule has 0 spiro atoms. The van der Waals surface area contributed by atoms with Gasteiger partial charge in [0, 0.05) is 28.7 Å². The lowest BCUT2D eigenvalue weighted by molar-refractivity contribution is 0.288. The summed E-state index contributed by atoms with van der Waals surface area (Å²) in [6.07, 6.45) is 7.47. The fourth-order valence-electron chi connectivity index (χ4n) is 6.23. The molecule has 37 heavy (non-hydrogen) atoms. The quantitative estimate of drug-likeness (QED) is 0.288. The lowest BCUT2D eigenvalue weighted by Crippen LogP contribution is -2.30. The van der Waals surface area contributed by atoms with Crippen molar-refractivity contribution in [3.05, 3.63) is 88.6 Å². The van der Waals surface area contributed by atoms with Gasteiger partial charge in [0.25, 0.3) is 0 Å². The van der Waals surface area contributed by atoms with E-state index in [1.54, 1.807) is 14.2 Å². The van der Waals surface area contributed by atoms with Crippen LogP contribution in [0, 0.1) is 0 Å². The molecular formula is C32H36N2O3. The molecule has 2 heterocycles. The molecule has 6 rings (SSSR count). The van der Waals surface area contributed by atoms with Gasteiger partial charge in [-0.25, -0.2) is 0 Å². The molecule has 192 valence electrons. The molecule has 1 aliphatic heterocycles. The van der Waals surface area contributed by atoms with Gasteiger partial charge >= 0.3 is 0 Å². The first-order valence-electron chi connectivity index (χ1n) is 13.6. The average Bonchev–Trinajstić information content (AvgIpc) is 3.34. The molecule has 1 aromatic heterocycles. The number of para-hydroxylation sites is 1. The number of aromatic nitrogens is 1.